The maximum atomic E-state index is 12.2. The number of esters is 1. The van der Waals surface area contributed by atoms with Gasteiger partial charge in [0.1, 0.15) is 0 Å². The number of carbonyl (C=O) groups excluding carboxylic acids is 2. The molecule has 0 saturated carbocycles. The third-order valence-corrected chi connectivity index (χ3v) is 5.46. The first-order valence-corrected chi connectivity index (χ1v) is 9.46. The smallest absolute Gasteiger partial charge is 0.309 e. The standard InChI is InChI=1S/C18H19ClN2O3S/c1-2-24-17(23)13-7-9-21(10-8-13)18-20-16(22)15(25-18)11-12-3-5-14(19)6-4-12/h3-6,11,13H,2,7-10H2,1H3. The van der Waals surface area contributed by atoms with Crippen LogP contribution in [0.4, 0.5) is 0 Å². The summed E-state index contributed by atoms with van der Waals surface area (Å²) in [5.74, 6) is -0.395. The number of piperidine rings is 1. The quantitative estimate of drug-likeness (QED) is 0.594. The van der Waals surface area contributed by atoms with Gasteiger partial charge in [-0.05, 0) is 55.3 Å². The summed E-state index contributed by atoms with van der Waals surface area (Å²) in [5, 5.41) is 1.38. The second kappa shape index (κ2) is 8.06. The molecular formula is C18H19ClN2O3S. The highest BCUT2D eigenvalue weighted by atomic mass is 35.5. The lowest BCUT2D eigenvalue weighted by Gasteiger charge is -2.31. The number of hydrogen-bond donors (Lipinski definition) is 0. The van der Waals surface area contributed by atoms with Crippen molar-refractivity contribution < 1.29 is 14.3 Å². The third kappa shape index (κ3) is 4.44. The predicted octanol–water partition coefficient (Wildman–Crippen LogP) is 3.59. The van der Waals surface area contributed by atoms with E-state index in [0.29, 0.717) is 34.8 Å². The molecule has 0 aliphatic carbocycles. The van der Waals surface area contributed by atoms with Crippen LogP contribution in [0.3, 0.4) is 0 Å². The van der Waals surface area contributed by atoms with Crippen LogP contribution >= 0.6 is 23.4 Å². The zero-order valence-corrected chi connectivity index (χ0v) is 15.5. The van der Waals surface area contributed by atoms with Crippen molar-refractivity contribution in [2.24, 2.45) is 10.9 Å². The van der Waals surface area contributed by atoms with E-state index in [4.69, 9.17) is 16.3 Å². The van der Waals surface area contributed by atoms with Crippen molar-refractivity contribution in [3.8, 4) is 0 Å². The SMILES string of the molecule is CCOC(=O)C1CCN(C2=NC(=O)C(=Cc3ccc(Cl)cc3)S2)CC1. The fraction of sp³-hybridized carbons (Fsp3) is 0.389. The topological polar surface area (TPSA) is 59.0 Å². The average Bonchev–Trinajstić information content (AvgIpc) is 2.98. The zero-order valence-electron chi connectivity index (χ0n) is 13.9. The molecule has 0 aromatic heterocycles. The van der Waals surface area contributed by atoms with E-state index in [9.17, 15) is 9.59 Å². The van der Waals surface area contributed by atoms with Gasteiger partial charge in [0.25, 0.3) is 5.91 Å². The lowest BCUT2D eigenvalue weighted by Crippen LogP contribution is -2.39. The molecule has 1 aromatic carbocycles. The van der Waals surface area contributed by atoms with Gasteiger partial charge < -0.3 is 9.64 Å². The Morgan fingerprint density at radius 3 is 2.68 bits per heavy atom. The highest BCUT2D eigenvalue weighted by Crippen LogP contribution is 2.32. The summed E-state index contributed by atoms with van der Waals surface area (Å²) in [5.41, 5.74) is 0.915. The molecule has 1 aromatic rings. The second-order valence-corrected chi connectivity index (χ2v) is 7.32. The first kappa shape index (κ1) is 18.0. The Kier molecular flexibility index (Phi) is 5.81. The summed E-state index contributed by atoms with van der Waals surface area (Å²) in [7, 11) is 0. The molecule has 1 saturated heterocycles. The number of amidine groups is 1. The molecule has 2 aliphatic heterocycles. The summed E-state index contributed by atoms with van der Waals surface area (Å²) in [6.45, 7) is 3.64. The minimum absolute atomic E-state index is 0.0528. The van der Waals surface area contributed by atoms with Crippen LogP contribution in [0.1, 0.15) is 25.3 Å². The first-order chi connectivity index (χ1) is 12.1. The van der Waals surface area contributed by atoms with Crippen molar-refractivity contribution in [1.29, 1.82) is 0 Å². The predicted molar refractivity (Wildman–Crippen MR) is 100 cm³/mol. The normalized spacial score (nSPS) is 20.1. The molecule has 132 valence electrons. The number of thioether (sulfide) groups is 1. The Morgan fingerprint density at radius 2 is 2.04 bits per heavy atom. The molecular weight excluding hydrogens is 360 g/mol. The van der Waals surface area contributed by atoms with Crippen LogP contribution in [0.15, 0.2) is 34.2 Å². The Morgan fingerprint density at radius 1 is 1.36 bits per heavy atom. The van der Waals surface area contributed by atoms with Gasteiger partial charge in [-0.15, -0.1) is 0 Å². The van der Waals surface area contributed by atoms with Crippen molar-refractivity contribution in [2.45, 2.75) is 19.8 Å². The van der Waals surface area contributed by atoms with Gasteiger partial charge in [-0.3, -0.25) is 9.59 Å². The Balaban J connectivity index is 1.60. The molecule has 0 spiro atoms. The molecule has 0 radical (unpaired) electrons. The fourth-order valence-electron chi connectivity index (χ4n) is 2.81. The number of carbonyl (C=O) groups is 2. The van der Waals surface area contributed by atoms with Crippen LogP contribution in [0.2, 0.25) is 5.02 Å². The maximum absolute atomic E-state index is 12.2. The molecule has 2 heterocycles. The minimum Gasteiger partial charge on any atom is -0.466 e. The Labute approximate surface area is 156 Å². The van der Waals surface area contributed by atoms with Gasteiger partial charge in [0.05, 0.1) is 17.4 Å². The Hall–Kier alpha value is -1.79. The van der Waals surface area contributed by atoms with Crippen molar-refractivity contribution in [2.75, 3.05) is 19.7 Å². The summed E-state index contributed by atoms with van der Waals surface area (Å²) in [6, 6.07) is 7.32. The Bertz CT molecular complexity index is 722. The van der Waals surface area contributed by atoms with Crippen LogP contribution < -0.4 is 0 Å². The van der Waals surface area contributed by atoms with Crippen LogP contribution in [0, 0.1) is 5.92 Å². The van der Waals surface area contributed by atoms with Gasteiger partial charge in [0.2, 0.25) is 0 Å². The number of aliphatic imine (C=N–C) groups is 1. The van der Waals surface area contributed by atoms with Crippen molar-refractivity contribution >= 4 is 46.5 Å². The lowest BCUT2D eigenvalue weighted by molar-refractivity contribution is -0.149. The number of likely N-dealkylation sites (tertiary alicyclic amines) is 1. The molecule has 0 atom stereocenters. The lowest BCUT2D eigenvalue weighted by atomic mass is 9.97. The molecule has 1 fully saturated rings. The number of ether oxygens (including phenoxy) is 1. The van der Waals surface area contributed by atoms with E-state index in [1.807, 2.05) is 25.1 Å². The summed E-state index contributed by atoms with van der Waals surface area (Å²) >= 11 is 7.26. The number of amides is 1. The van der Waals surface area contributed by atoms with Crippen LogP contribution in [0.25, 0.3) is 6.08 Å². The van der Waals surface area contributed by atoms with E-state index >= 15 is 0 Å². The number of rotatable bonds is 3. The molecule has 5 nitrogen and oxygen atoms in total. The largest absolute Gasteiger partial charge is 0.466 e. The van der Waals surface area contributed by atoms with Crippen molar-refractivity contribution in [1.82, 2.24) is 4.90 Å². The van der Waals surface area contributed by atoms with Crippen molar-refractivity contribution in [3.63, 3.8) is 0 Å². The van der Waals surface area contributed by atoms with Gasteiger partial charge in [0, 0.05) is 18.1 Å². The molecule has 0 bridgehead atoms. The van der Waals surface area contributed by atoms with Gasteiger partial charge in [0.15, 0.2) is 5.17 Å². The van der Waals surface area contributed by atoms with Gasteiger partial charge >= 0.3 is 5.97 Å². The van der Waals surface area contributed by atoms with Gasteiger partial charge in [-0.2, -0.15) is 4.99 Å². The molecule has 2 aliphatic rings. The average molecular weight is 379 g/mol. The van der Waals surface area contributed by atoms with E-state index in [1.54, 1.807) is 12.1 Å². The highest BCUT2D eigenvalue weighted by molar-refractivity contribution is 8.18. The number of nitrogens with zero attached hydrogens (tertiary/aromatic N) is 2. The number of hydrogen-bond acceptors (Lipinski definition) is 5. The summed E-state index contributed by atoms with van der Waals surface area (Å²) < 4.78 is 5.09. The van der Waals surface area contributed by atoms with E-state index in [0.717, 1.165) is 18.4 Å². The van der Waals surface area contributed by atoms with Crippen LogP contribution in [-0.4, -0.2) is 41.6 Å². The van der Waals surface area contributed by atoms with Gasteiger partial charge in [-0.1, -0.05) is 23.7 Å². The second-order valence-electron chi connectivity index (χ2n) is 5.88. The van der Waals surface area contributed by atoms with E-state index < -0.39 is 0 Å². The molecule has 0 unspecified atom stereocenters. The van der Waals surface area contributed by atoms with Crippen LogP contribution in [0.5, 0.6) is 0 Å². The number of halogens is 1. The van der Waals surface area contributed by atoms with Crippen LogP contribution in [-0.2, 0) is 14.3 Å². The molecule has 0 N–H and O–H groups in total. The number of benzene rings is 1. The maximum Gasteiger partial charge on any atom is 0.309 e. The monoisotopic (exact) mass is 378 g/mol. The van der Waals surface area contributed by atoms with E-state index in [-0.39, 0.29) is 17.8 Å². The first-order valence-electron chi connectivity index (χ1n) is 8.26. The zero-order chi connectivity index (χ0) is 17.8. The van der Waals surface area contributed by atoms with E-state index in [2.05, 4.69) is 9.89 Å². The van der Waals surface area contributed by atoms with E-state index in [1.165, 1.54) is 11.8 Å². The molecule has 1 amide bonds. The third-order valence-electron chi connectivity index (χ3n) is 4.16. The summed E-state index contributed by atoms with van der Waals surface area (Å²) in [6.07, 6.45) is 3.27. The fourth-order valence-corrected chi connectivity index (χ4v) is 3.90. The molecule has 25 heavy (non-hydrogen) atoms. The van der Waals surface area contributed by atoms with Gasteiger partial charge in [-0.25, -0.2) is 0 Å². The van der Waals surface area contributed by atoms with Crippen molar-refractivity contribution in [3.05, 3.63) is 39.8 Å². The highest BCUT2D eigenvalue weighted by Gasteiger charge is 2.31. The molecule has 3 rings (SSSR count). The molecule has 7 heteroatoms. The minimum atomic E-state index is -0.220. The summed E-state index contributed by atoms with van der Waals surface area (Å²) in [4.78, 5) is 30.8.